The molecule has 2 unspecified atom stereocenters. The molecule has 0 saturated heterocycles. The van der Waals surface area contributed by atoms with Gasteiger partial charge in [0.2, 0.25) is 0 Å². The average Bonchev–Trinajstić information content (AvgIpc) is 2.96. The van der Waals surface area contributed by atoms with Gasteiger partial charge >= 0.3 is 0 Å². The Bertz CT molecular complexity index is 1070. The van der Waals surface area contributed by atoms with Crippen LogP contribution in [0.2, 0.25) is 10.0 Å². The Morgan fingerprint density at radius 3 is 2.89 bits per heavy atom. The van der Waals surface area contributed by atoms with Crippen LogP contribution in [-0.2, 0) is 12.8 Å². The summed E-state index contributed by atoms with van der Waals surface area (Å²) in [4.78, 5) is 21.7. The van der Waals surface area contributed by atoms with Gasteiger partial charge in [-0.1, -0.05) is 35.3 Å². The molecule has 140 valence electrons. The maximum Gasteiger partial charge on any atom is 0.258 e. The number of rotatable bonds is 4. The molecule has 0 bridgehead atoms. The Morgan fingerprint density at radius 2 is 2.07 bits per heavy atom. The van der Waals surface area contributed by atoms with Gasteiger partial charge in [0.15, 0.2) is 0 Å². The van der Waals surface area contributed by atoms with Crippen molar-refractivity contribution >= 4 is 34.1 Å². The van der Waals surface area contributed by atoms with Crippen LogP contribution in [0.3, 0.4) is 0 Å². The van der Waals surface area contributed by atoms with Crippen LogP contribution >= 0.6 is 23.2 Å². The Hall–Kier alpha value is -1.92. The summed E-state index contributed by atoms with van der Waals surface area (Å²) >= 11 is 12.5. The second kappa shape index (κ2) is 7.24. The van der Waals surface area contributed by atoms with Crippen LogP contribution in [-0.4, -0.2) is 39.7 Å². The predicted octanol–water partition coefficient (Wildman–Crippen LogP) is 3.36. The summed E-state index contributed by atoms with van der Waals surface area (Å²) in [5.74, 6) is 0.627. The standard InChI is InChI=1S/C20H19Cl2N3O2/c1-25(19-14-8-11(21)9-15(22)13(14)10-17(19)26)7-6-18-23-16-5-3-2-4-12(16)20(27)24-18/h2-5,8-9,17,19,26H,6-7,10H2,1H3,(H,23,24,27). The predicted molar refractivity (Wildman–Crippen MR) is 108 cm³/mol. The molecule has 1 heterocycles. The molecule has 5 nitrogen and oxygen atoms in total. The number of nitrogens with zero attached hydrogens (tertiary/aromatic N) is 2. The first kappa shape index (κ1) is 18.4. The molecule has 2 atom stereocenters. The number of aliphatic hydroxyl groups is 1. The van der Waals surface area contributed by atoms with E-state index in [0.29, 0.717) is 46.2 Å². The molecule has 2 aromatic carbocycles. The lowest BCUT2D eigenvalue weighted by molar-refractivity contribution is 0.0767. The molecule has 0 amide bonds. The molecule has 3 aromatic rings. The van der Waals surface area contributed by atoms with E-state index in [-0.39, 0.29) is 11.6 Å². The van der Waals surface area contributed by atoms with Crippen LogP contribution in [0.4, 0.5) is 0 Å². The maximum atomic E-state index is 12.2. The third kappa shape index (κ3) is 3.48. The smallest absolute Gasteiger partial charge is 0.258 e. The molecule has 0 saturated carbocycles. The number of likely N-dealkylation sites (N-methyl/N-ethyl adjacent to an activating group) is 1. The van der Waals surface area contributed by atoms with Gasteiger partial charge < -0.3 is 10.1 Å². The van der Waals surface area contributed by atoms with Gasteiger partial charge in [-0.25, -0.2) is 4.98 Å². The number of para-hydroxylation sites is 1. The summed E-state index contributed by atoms with van der Waals surface area (Å²) < 4.78 is 0. The summed E-state index contributed by atoms with van der Waals surface area (Å²) in [5.41, 5.74) is 2.46. The maximum absolute atomic E-state index is 12.2. The first-order valence-electron chi connectivity index (χ1n) is 8.78. The van der Waals surface area contributed by atoms with Gasteiger partial charge in [-0.3, -0.25) is 9.69 Å². The van der Waals surface area contributed by atoms with E-state index in [9.17, 15) is 9.90 Å². The minimum absolute atomic E-state index is 0.136. The van der Waals surface area contributed by atoms with Crippen molar-refractivity contribution in [3.63, 3.8) is 0 Å². The highest BCUT2D eigenvalue weighted by atomic mass is 35.5. The molecule has 1 aliphatic carbocycles. The summed E-state index contributed by atoms with van der Waals surface area (Å²) in [5, 5.41) is 12.3. The van der Waals surface area contributed by atoms with Crippen molar-refractivity contribution in [1.82, 2.24) is 14.9 Å². The van der Waals surface area contributed by atoms with E-state index in [1.165, 1.54) is 0 Å². The number of nitrogens with one attached hydrogen (secondary N) is 1. The van der Waals surface area contributed by atoms with E-state index >= 15 is 0 Å². The highest BCUT2D eigenvalue weighted by molar-refractivity contribution is 6.35. The van der Waals surface area contributed by atoms with E-state index < -0.39 is 6.10 Å². The van der Waals surface area contributed by atoms with Crippen LogP contribution in [0, 0.1) is 0 Å². The number of benzene rings is 2. The van der Waals surface area contributed by atoms with Crippen molar-refractivity contribution < 1.29 is 5.11 Å². The molecule has 1 aliphatic rings. The van der Waals surface area contributed by atoms with Gasteiger partial charge in [0.05, 0.1) is 23.0 Å². The van der Waals surface area contributed by atoms with Gasteiger partial charge in [-0.05, 0) is 42.4 Å². The monoisotopic (exact) mass is 403 g/mol. The lowest BCUT2D eigenvalue weighted by atomic mass is 10.1. The van der Waals surface area contributed by atoms with Gasteiger partial charge in [-0.2, -0.15) is 0 Å². The molecular weight excluding hydrogens is 385 g/mol. The van der Waals surface area contributed by atoms with Crippen molar-refractivity contribution in [3.8, 4) is 0 Å². The molecule has 0 aliphatic heterocycles. The summed E-state index contributed by atoms with van der Waals surface area (Å²) in [7, 11) is 1.94. The van der Waals surface area contributed by atoms with E-state index in [4.69, 9.17) is 23.2 Å². The van der Waals surface area contributed by atoms with Crippen molar-refractivity contribution in [1.29, 1.82) is 0 Å². The SMILES string of the molecule is CN(CCc1nc2ccccc2c(=O)[nH]1)C1c2cc(Cl)cc(Cl)c2CC1O. The quantitative estimate of drug-likeness (QED) is 0.700. The zero-order valence-electron chi connectivity index (χ0n) is 14.7. The summed E-state index contributed by atoms with van der Waals surface area (Å²) in [6.45, 7) is 0.618. The number of aromatic nitrogens is 2. The third-order valence-corrected chi connectivity index (χ3v) is 5.68. The molecule has 0 radical (unpaired) electrons. The number of aromatic amines is 1. The zero-order valence-corrected chi connectivity index (χ0v) is 16.3. The Kier molecular flexibility index (Phi) is 4.95. The van der Waals surface area contributed by atoms with Crippen molar-refractivity contribution in [3.05, 3.63) is 73.7 Å². The number of hydrogen-bond donors (Lipinski definition) is 2. The van der Waals surface area contributed by atoms with Crippen LogP contribution in [0.1, 0.15) is 23.0 Å². The van der Waals surface area contributed by atoms with Crippen LogP contribution in [0.5, 0.6) is 0 Å². The highest BCUT2D eigenvalue weighted by Crippen LogP contribution is 2.40. The average molecular weight is 404 g/mol. The molecule has 4 rings (SSSR count). The van der Waals surface area contributed by atoms with E-state index in [0.717, 1.165) is 11.1 Å². The molecule has 0 spiro atoms. The largest absolute Gasteiger partial charge is 0.391 e. The Morgan fingerprint density at radius 1 is 1.30 bits per heavy atom. The molecule has 0 fully saturated rings. The van der Waals surface area contributed by atoms with Crippen molar-refractivity contribution in [2.24, 2.45) is 0 Å². The lowest BCUT2D eigenvalue weighted by Gasteiger charge is -2.28. The fraction of sp³-hybridized carbons (Fsp3) is 0.300. The van der Waals surface area contributed by atoms with Crippen LogP contribution in [0.15, 0.2) is 41.2 Å². The normalized spacial score (nSPS) is 19.0. The summed E-state index contributed by atoms with van der Waals surface area (Å²) in [6.07, 6.45) is 0.513. The van der Waals surface area contributed by atoms with Gasteiger partial charge in [0, 0.05) is 29.4 Å². The highest BCUT2D eigenvalue weighted by Gasteiger charge is 2.35. The van der Waals surface area contributed by atoms with Crippen LogP contribution < -0.4 is 5.56 Å². The Labute approximate surface area is 166 Å². The first-order chi connectivity index (χ1) is 12.9. The first-order valence-corrected chi connectivity index (χ1v) is 9.53. The number of hydrogen-bond acceptors (Lipinski definition) is 4. The fourth-order valence-electron chi connectivity index (χ4n) is 3.84. The van der Waals surface area contributed by atoms with E-state index in [1.807, 2.05) is 31.3 Å². The number of H-pyrrole nitrogens is 1. The number of halogens is 2. The Balaban J connectivity index is 1.56. The summed E-state index contributed by atoms with van der Waals surface area (Å²) in [6, 6.07) is 10.7. The molecular formula is C20H19Cl2N3O2. The van der Waals surface area contributed by atoms with Gasteiger partial charge in [0.25, 0.3) is 5.56 Å². The lowest BCUT2D eigenvalue weighted by Crippen LogP contribution is -2.33. The zero-order chi connectivity index (χ0) is 19.1. The minimum Gasteiger partial charge on any atom is -0.391 e. The van der Waals surface area contributed by atoms with E-state index in [2.05, 4.69) is 14.9 Å². The van der Waals surface area contributed by atoms with Gasteiger partial charge in [-0.15, -0.1) is 0 Å². The number of aliphatic hydroxyl groups excluding tert-OH is 1. The third-order valence-electron chi connectivity index (χ3n) is 5.13. The fourth-order valence-corrected chi connectivity index (χ4v) is 4.42. The second-order valence-electron chi connectivity index (χ2n) is 6.93. The van der Waals surface area contributed by atoms with Crippen LogP contribution in [0.25, 0.3) is 10.9 Å². The molecule has 2 N–H and O–H groups in total. The molecule has 1 aromatic heterocycles. The van der Waals surface area contributed by atoms with Gasteiger partial charge in [0.1, 0.15) is 5.82 Å². The number of fused-ring (bicyclic) bond motifs is 2. The minimum atomic E-state index is -0.551. The van der Waals surface area contributed by atoms with Crippen molar-refractivity contribution in [2.45, 2.75) is 25.0 Å². The molecule has 7 heteroatoms. The topological polar surface area (TPSA) is 69.2 Å². The van der Waals surface area contributed by atoms with Crippen molar-refractivity contribution in [2.75, 3.05) is 13.6 Å². The molecule has 27 heavy (non-hydrogen) atoms. The van der Waals surface area contributed by atoms with E-state index in [1.54, 1.807) is 12.1 Å². The second-order valence-corrected chi connectivity index (χ2v) is 7.78.